The SMILES string of the molecule is COc1ccc(OCCC(=O)Nc2cn[nH]c2)cc1. The van der Waals surface area contributed by atoms with Crippen molar-refractivity contribution in [1.29, 1.82) is 0 Å². The molecule has 0 radical (unpaired) electrons. The number of methoxy groups -OCH3 is 1. The van der Waals surface area contributed by atoms with Crippen LogP contribution in [0.15, 0.2) is 36.7 Å². The van der Waals surface area contributed by atoms with E-state index in [1.165, 1.54) is 0 Å². The normalized spacial score (nSPS) is 9.95. The molecule has 2 N–H and O–H groups in total. The van der Waals surface area contributed by atoms with Crippen LogP contribution in [0.5, 0.6) is 11.5 Å². The van der Waals surface area contributed by atoms with Gasteiger partial charge in [0.15, 0.2) is 0 Å². The lowest BCUT2D eigenvalue weighted by atomic mass is 10.3. The minimum absolute atomic E-state index is 0.116. The van der Waals surface area contributed by atoms with Gasteiger partial charge < -0.3 is 14.8 Å². The Morgan fingerprint density at radius 2 is 2.05 bits per heavy atom. The highest BCUT2D eigenvalue weighted by molar-refractivity contribution is 5.90. The molecule has 1 aromatic heterocycles. The van der Waals surface area contributed by atoms with E-state index in [4.69, 9.17) is 9.47 Å². The van der Waals surface area contributed by atoms with Crippen molar-refractivity contribution >= 4 is 11.6 Å². The molecule has 2 rings (SSSR count). The second-order valence-electron chi connectivity index (χ2n) is 3.81. The predicted octanol–water partition coefficient (Wildman–Crippen LogP) is 1.83. The molecule has 19 heavy (non-hydrogen) atoms. The average molecular weight is 261 g/mol. The van der Waals surface area contributed by atoms with Crippen LogP contribution in [0.3, 0.4) is 0 Å². The molecule has 0 aliphatic rings. The lowest BCUT2D eigenvalue weighted by molar-refractivity contribution is -0.116. The summed E-state index contributed by atoms with van der Waals surface area (Å²) in [6, 6.07) is 7.21. The molecule has 6 nitrogen and oxygen atoms in total. The zero-order valence-corrected chi connectivity index (χ0v) is 10.6. The monoisotopic (exact) mass is 261 g/mol. The first-order valence-corrected chi connectivity index (χ1v) is 5.83. The summed E-state index contributed by atoms with van der Waals surface area (Å²) in [6.07, 6.45) is 3.43. The van der Waals surface area contributed by atoms with Gasteiger partial charge in [0.2, 0.25) is 5.91 Å². The molecule has 0 unspecified atom stereocenters. The smallest absolute Gasteiger partial charge is 0.227 e. The molecule has 0 bridgehead atoms. The fourth-order valence-corrected chi connectivity index (χ4v) is 1.48. The minimum atomic E-state index is -0.116. The van der Waals surface area contributed by atoms with Crippen LogP contribution in [-0.4, -0.2) is 29.8 Å². The third-order valence-corrected chi connectivity index (χ3v) is 2.44. The number of hydrogen-bond donors (Lipinski definition) is 2. The zero-order valence-electron chi connectivity index (χ0n) is 10.6. The summed E-state index contributed by atoms with van der Waals surface area (Å²) in [6.45, 7) is 0.315. The van der Waals surface area contributed by atoms with Crippen LogP contribution in [0, 0.1) is 0 Å². The predicted molar refractivity (Wildman–Crippen MR) is 70.3 cm³/mol. The van der Waals surface area contributed by atoms with E-state index in [1.54, 1.807) is 43.8 Å². The molecule has 0 atom stereocenters. The summed E-state index contributed by atoms with van der Waals surface area (Å²) in [5, 5.41) is 9.05. The molecule has 1 heterocycles. The second kappa shape index (κ2) is 6.44. The van der Waals surface area contributed by atoms with Gasteiger partial charge in [-0.05, 0) is 24.3 Å². The van der Waals surface area contributed by atoms with Gasteiger partial charge in [-0.15, -0.1) is 0 Å². The van der Waals surface area contributed by atoms with Crippen molar-refractivity contribution < 1.29 is 14.3 Å². The van der Waals surface area contributed by atoms with Crippen LogP contribution < -0.4 is 14.8 Å². The lowest BCUT2D eigenvalue weighted by Gasteiger charge is -2.07. The van der Waals surface area contributed by atoms with Gasteiger partial charge in [-0.3, -0.25) is 9.89 Å². The van der Waals surface area contributed by atoms with Gasteiger partial charge in [-0.1, -0.05) is 0 Å². The quantitative estimate of drug-likeness (QED) is 0.831. The number of rotatable bonds is 6. The Kier molecular flexibility index (Phi) is 4.39. The molecule has 100 valence electrons. The second-order valence-corrected chi connectivity index (χ2v) is 3.81. The van der Waals surface area contributed by atoms with Crippen LogP contribution in [0.4, 0.5) is 5.69 Å². The first-order valence-electron chi connectivity index (χ1n) is 5.83. The highest BCUT2D eigenvalue weighted by atomic mass is 16.5. The van der Waals surface area contributed by atoms with Crippen molar-refractivity contribution in [3.8, 4) is 11.5 Å². The number of nitrogens with one attached hydrogen (secondary N) is 2. The molecule has 6 heteroatoms. The van der Waals surface area contributed by atoms with E-state index < -0.39 is 0 Å². The van der Waals surface area contributed by atoms with Crippen LogP contribution in [-0.2, 0) is 4.79 Å². The summed E-state index contributed by atoms with van der Waals surface area (Å²) in [5.74, 6) is 1.36. The van der Waals surface area contributed by atoms with E-state index in [1.807, 2.05) is 0 Å². The number of aromatic nitrogens is 2. The van der Waals surface area contributed by atoms with Crippen molar-refractivity contribution in [2.75, 3.05) is 19.0 Å². The third kappa shape index (κ3) is 4.02. The number of carbonyl (C=O) groups excluding carboxylic acids is 1. The summed E-state index contributed by atoms with van der Waals surface area (Å²) < 4.78 is 10.5. The lowest BCUT2D eigenvalue weighted by Crippen LogP contribution is -2.14. The third-order valence-electron chi connectivity index (χ3n) is 2.44. The van der Waals surface area contributed by atoms with E-state index in [2.05, 4.69) is 15.5 Å². The van der Waals surface area contributed by atoms with Crippen LogP contribution in [0.2, 0.25) is 0 Å². The standard InChI is InChI=1S/C13H15N3O3/c1-18-11-2-4-12(5-3-11)19-7-6-13(17)16-10-8-14-15-9-10/h2-5,8-9H,6-7H2,1H3,(H,14,15)(H,16,17). The molecule has 0 saturated heterocycles. The van der Waals surface area contributed by atoms with Gasteiger partial charge in [-0.2, -0.15) is 5.10 Å². The number of amides is 1. The van der Waals surface area contributed by atoms with Gasteiger partial charge >= 0.3 is 0 Å². The van der Waals surface area contributed by atoms with Gasteiger partial charge in [0.1, 0.15) is 11.5 Å². The largest absolute Gasteiger partial charge is 0.497 e. The van der Waals surface area contributed by atoms with Crippen molar-refractivity contribution in [3.63, 3.8) is 0 Å². The Balaban J connectivity index is 1.72. The van der Waals surface area contributed by atoms with Crippen molar-refractivity contribution in [2.45, 2.75) is 6.42 Å². The van der Waals surface area contributed by atoms with Gasteiger partial charge in [-0.25, -0.2) is 0 Å². The first-order chi connectivity index (χ1) is 9.28. The van der Waals surface area contributed by atoms with Crippen molar-refractivity contribution in [2.24, 2.45) is 0 Å². The fraction of sp³-hybridized carbons (Fsp3) is 0.231. The molecule has 0 fully saturated rings. The number of benzene rings is 1. The summed E-state index contributed by atoms with van der Waals surface area (Å²) >= 11 is 0. The van der Waals surface area contributed by atoms with Crippen LogP contribution in [0.25, 0.3) is 0 Å². The Hall–Kier alpha value is -2.50. The zero-order chi connectivity index (χ0) is 13.5. The molecule has 1 aromatic carbocycles. The maximum Gasteiger partial charge on any atom is 0.227 e. The molecule has 0 spiro atoms. The van der Waals surface area contributed by atoms with Crippen LogP contribution >= 0.6 is 0 Å². The van der Waals surface area contributed by atoms with Gasteiger partial charge in [0.25, 0.3) is 0 Å². The number of ether oxygens (including phenoxy) is 2. The number of aromatic amines is 1. The number of anilines is 1. The molecule has 2 aromatic rings. The molecular formula is C13H15N3O3. The van der Waals surface area contributed by atoms with Crippen molar-refractivity contribution in [3.05, 3.63) is 36.7 Å². The Morgan fingerprint density at radius 3 is 2.68 bits per heavy atom. The molecule has 0 saturated carbocycles. The number of H-pyrrole nitrogens is 1. The van der Waals surface area contributed by atoms with Crippen LogP contribution in [0.1, 0.15) is 6.42 Å². The number of carbonyl (C=O) groups is 1. The maximum absolute atomic E-state index is 11.5. The van der Waals surface area contributed by atoms with E-state index in [0.29, 0.717) is 18.0 Å². The number of hydrogen-bond acceptors (Lipinski definition) is 4. The fourth-order valence-electron chi connectivity index (χ4n) is 1.48. The molecule has 0 aliphatic carbocycles. The highest BCUT2D eigenvalue weighted by Gasteiger charge is 2.03. The van der Waals surface area contributed by atoms with E-state index in [-0.39, 0.29) is 12.3 Å². The maximum atomic E-state index is 11.5. The Morgan fingerprint density at radius 1 is 1.32 bits per heavy atom. The molecule has 1 amide bonds. The highest BCUT2D eigenvalue weighted by Crippen LogP contribution is 2.17. The van der Waals surface area contributed by atoms with E-state index in [0.717, 1.165) is 5.75 Å². The van der Waals surface area contributed by atoms with Gasteiger partial charge in [0.05, 0.1) is 32.0 Å². The minimum Gasteiger partial charge on any atom is -0.497 e. The number of nitrogens with zero attached hydrogens (tertiary/aromatic N) is 1. The summed E-state index contributed by atoms with van der Waals surface area (Å²) in [7, 11) is 1.61. The Bertz CT molecular complexity index is 508. The first kappa shape index (κ1) is 12.9. The summed E-state index contributed by atoms with van der Waals surface area (Å²) in [4.78, 5) is 11.5. The molecular weight excluding hydrogens is 246 g/mol. The van der Waals surface area contributed by atoms with E-state index in [9.17, 15) is 4.79 Å². The Labute approximate surface area is 110 Å². The summed E-state index contributed by atoms with van der Waals surface area (Å²) in [5.41, 5.74) is 0.648. The topological polar surface area (TPSA) is 76.2 Å². The van der Waals surface area contributed by atoms with Crippen molar-refractivity contribution in [1.82, 2.24) is 10.2 Å². The van der Waals surface area contributed by atoms with E-state index >= 15 is 0 Å². The average Bonchev–Trinajstić information content (AvgIpc) is 2.92. The molecule has 0 aliphatic heterocycles. The van der Waals surface area contributed by atoms with Gasteiger partial charge in [0, 0.05) is 6.20 Å².